The summed E-state index contributed by atoms with van der Waals surface area (Å²) < 4.78 is 5.31. The molecule has 13 heteroatoms. The molecule has 224 valence electrons. The number of esters is 1. The maximum absolute atomic E-state index is 13.8. The first-order chi connectivity index (χ1) is 21.0. The van der Waals surface area contributed by atoms with E-state index >= 15 is 0 Å². The van der Waals surface area contributed by atoms with Gasteiger partial charge in [0.2, 0.25) is 0 Å². The minimum Gasteiger partial charge on any atom is -0.423 e. The molecule has 3 aromatic rings. The fraction of sp³-hybridized carbons (Fsp3) is 0.258. The molecule has 1 saturated heterocycles. The third-order valence-corrected chi connectivity index (χ3v) is 9.28. The summed E-state index contributed by atoms with van der Waals surface area (Å²) >= 11 is 12.2. The lowest BCUT2D eigenvalue weighted by atomic mass is 9.81. The van der Waals surface area contributed by atoms with E-state index in [9.17, 15) is 34.1 Å². The third-order valence-electron chi connectivity index (χ3n) is 8.54. The van der Waals surface area contributed by atoms with Gasteiger partial charge in [-0.05, 0) is 85.7 Å². The molecule has 0 N–H and O–H groups in total. The zero-order chi connectivity index (χ0) is 31.3. The summed E-state index contributed by atoms with van der Waals surface area (Å²) in [5.41, 5.74) is 0.0853. The van der Waals surface area contributed by atoms with Crippen molar-refractivity contribution in [3.63, 3.8) is 0 Å². The molecular weight excluding hydrogens is 613 g/mol. The number of nitro benzene ring substituents is 1. The summed E-state index contributed by atoms with van der Waals surface area (Å²) in [7, 11) is 0. The van der Waals surface area contributed by atoms with E-state index < -0.39 is 52.8 Å². The zero-order valence-electron chi connectivity index (χ0n) is 22.9. The van der Waals surface area contributed by atoms with Gasteiger partial charge < -0.3 is 4.74 Å². The van der Waals surface area contributed by atoms with Crippen LogP contribution in [0.2, 0.25) is 10.0 Å². The van der Waals surface area contributed by atoms with Crippen molar-refractivity contribution in [2.45, 2.75) is 19.3 Å². The molecule has 2 saturated carbocycles. The Morgan fingerprint density at radius 2 is 1.41 bits per heavy atom. The van der Waals surface area contributed by atoms with E-state index in [0.717, 1.165) is 29.3 Å². The Balaban J connectivity index is 1.22. The molecule has 3 aliphatic rings. The van der Waals surface area contributed by atoms with Crippen molar-refractivity contribution in [1.29, 1.82) is 0 Å². The smallest absolute Gasteiger partial charge is 0.343 e. The molecule has 2 aliphatic carbocycles. The Morgan fingerprint density at radius 3 is 1.98 bits per heavy atom. The number of amides is 3. The predicted octanol–water partition coefficient (Wildman–Crippen LogP) is 5.39. The fourth-order valence-corrected chi connectivity index (χ4v) is 6.76. The SMILES string of the molecule is O=C(CN(C(=O)c1ccc(Cl)c(Cl)c1)N1C(=O)[C@@H]2[C@H]3CC[C@@H](C3)[C@H]2C1=O)c1ccc(OC(=O)c2ccc([N+](=O)[O-])cc2)cc1. The molecule has 44 heavy (non-hydrogen) atoms. The Labute approximate surface area is 260 Å². The first-order valence-electron chi connectivity index (χ1n) is 13.8. The second kappa shape index (κ2) is 11.5. The van der Waals surface area contributed by atoms with Crippen LogP contribution in [-0.2, 0) is 9.59 Å². The number of ether oxygens (including phenoxy) is 1. The lowest BCUT2D eigenvalue weighted by Gasteiger charge is -2.31. The number of carbonyl (C=O) groups excluding carboxylic acids is 5. The van der Waals surface area contributed by atoms with Gasteiger partial charge in [0, 0.05) is 23.3 Å². The number of halogens is 2. The van der Waals surface area contributed by atoms with Crippen molar-refractivity contribution in [3.8, 4) is 5.75 Å². The molecule has 3 amide bonds. The number of carbonyl (C=O) groups is 5. The molecule has 4 atom stereocenters. The first kappa shape index (κ1) is 29.5. The number of nitro groups is 1. The van der Waals surface area contributed by atoms with Gasteiger partial charge in [-0.15, -0.1) is 0 Å². The minimum absolute atomic E-state index is 0.0429. The summed E-state index contributed by atoms with van der Waals surface area (Å²) in [5.74, 6) is -3.84. The Bertz CT molecular complexity index is 1700. The van der Waals surface area contributed by atoms with Gasteiger partial charge in [0.1, 0.15) is 12.3 Å². The van der Waals surface area contributed by atoms with E-state index in [1.54, 1.807) is 0 Å². The van der Waals surface area contributed by atoms with Gasteiger partial charge >= 0.3 is 5.97 Å². The lowest BCUT2D eigenvalue weighted by molar-refractivity contribution is -0.384. The summed E-state index contributed by atoms with van der Waals surface area (Å²) in [6.45, 7) is -0.618. The average Bonchev–Trinajstić information content (AvgIpc) is 3.71. The Hall–Kier alpha value is -4.61. The monoisotopic (exact) mass is 635 g/mol. The highest BCUT2D eigenvalue weighted by molar-refractivity contribution is 6.42. The second-order valence-corrected chi connectivity index (χ2v) is 11.8. The van der Waals surface area contributed by atoms with Crippen molar-refractivity contribution >= 4 is 58.4 Å². The topological polar surface area (TPSA) is 144 Å². The van der Waals surface area contributed by atoms with Crippen molar-refractivity contribution in [1.82, 2.24) is 10.0 Å². The van der Waals surface area contributed by atoms with Crippen LogP contribution < -0.4 is 4.74 Å². The predicted molar refractivity (Wildman–Crippen MR) is 156 cm³/mol. The molecule has 1 aliphatic heterocycles. The molecule has 1 heterocycles. The number of fused-ring (bicyclic) bond motifs is 5. The van der Waals surface area contributed by atoms with E-state index in [0.29, 0.717) is 0 Å². The summed E-state index contributed by atoms with van der Waals surface area (Å²) in [4.78, 5) is 77.1. The van der Waals surface area contributed by atoms with Crippen LogP contribution in [0.5, 0.6) is 5.75 Å². The van der Waals surface area contributed by atoms with Crippen molar-refractivity contribution in [2.75, 3.05) is 6.54 Å². The van der Waals surface area contributed by atoms with Crippen LogP contribution in [0.1, 0.15) is 50.3 Å². The van der Waals surface area contributed by atoms with Crippen LogP contribution in [0, 0.1) is 33.8 Å². The number of Topliss-reactive ketones (excluding diaryl/α,β-unsaturated/α-hetero) is 1. The lowest BCUT2D eigenvalue weighted by Crippen LogP contribution is -2.52. The standard InChI is InChI=1S/C31H23Cl2N3O8/c32-23-12-7-20(14-24(23)33)28(38)34(35-29(39)26-18-1-2-19(13-18)27(26)30(35)40)15-25(37)16-5-10-22(11-6-16)44-31(41)17-3-8-21(9-4-17)36(42)43/h3-12,14,18-19,26-27H,1-2,13,15H2/t18-,19-,26+,27+/m0/s1. The number of hydrogen-bond donors (Lipinski definition) is 0. The first-order valence-corrected chi connectivity index (χ1v) is 14.5. The maximum atomic E-state index is 13.8. The van der Waals surface area contributed by atoms with Gasteiger partial charge in [0.15, 0.2) is 5.78 Å². The number of hydrogen-bond acceptors (Lipinski definition) is 8. The highest BCUT2D eigenvalue weighted by atomic mass is 35.5. The largest absolute Gasteiger partial charge is 0.423 e. The molecular formula is C31H23Cl2N3O8. The van der Waals surface area contributed by atoms with Crippen LogP contribution in [0.15, 0.2) is 66.7 Å². The quantitative estimate of drug-likeness (QED) is 0.0800. The van der Waals surface area contributed by atoms with Crippen LogP contribution in [0.4, 0.5) is 5.69 Å². The van der Waals surface area contributed by atoms with Gasteiger partial charge in [0.05, 0.1) is 32.4 Å². The number of non-ortho nitro benzene ring substituents is 1. The molecule has 0 radical (unpaired) electrons. The minimum atomic E-state index is -0.764. The van der Waals surface area contributed by atoms with E-state index in [2.05, 4.69) is 0 Å². The number of rotatable bonds is 8. The van der Waals surface area contributed by atoms with Gasteiger partial charge in [-0.2, -0.15) is 5.01 Å². The summed E-state index contributed by atoms with van der Waals surface area (Å²) in [6, 6.07) is 14.5. The number of nitrogens with zero attached hydrogens (tertiary/aromatic N) is 3. The number of benzene rings is 3. The summed E-state index contributed by atoms with van der Waals surface area (Å²) in [5, 5.41) is 12.9. The number of imide groups is 1. The van der Waals surface area contributed by atoms with Crippen LogP contribution in [0.25, 0.3) is 0 Å². The van der Waals surface area contributed by atoms with Crippen LogP contribution >= 0.6 is 23.2 Å². The summed E-state index contributed by atoms with van der Waals surface area (Å²) in [6.07, 6.45) is 2.50. The average molecular weight is 636 g/mol. The zero-order valence-corrected chi connectivity index (χ0v) is 24.4. The Kier molecular flexibility index (Phi) is 7.68. The fourth-order valence-electron chi connectivity index (χ4n) is 6.46. The van der Waals surface area contributed by atoms with Crippen LogP contribution in [-0.4, -0.2) is 51.0 Å². The van der Waals surface area contributed by atoms with Crippen molar-refractivity contribution in [2.24, 2.45) is 23.7 Å². The van der Waals surface area contributed by atoms with E-state index in [4.69, 9.17) is 27.9 Å². The van der Waals surface area contributed by atoms with Gasteiger partial charge in [0.25, 0.3) is 23.4 Å². The maximum Gasteiger partial charge on any atom is 0.343 e. The van der Waals surface area contributed by atoms with E-state index in [1.165, 1.54) is 66.7 Å². The number of hydrazine groups is 1. The van der Waals surface area contributed by atoms with Crippen LogP contribution in [0.3, 0.4) is 0 Å². The molecule has 0 unspecified atom stereocenters. The molecule has 0 spiro atoms. The molecule has 0 aromatic heterocycles. The molecule has 2 bridgehead atoms. The van der Waals surface area contributed by atoms with Crippen molar-refractivity contribution < 1.29 is 33.6 Å². The van der Waals surface area contributed by atoms with E-state index in [1.807, 2.05) is 0 Å². The highest BCUT2D eigenvalue weighted by Gasteiger charge is 2.62. The highest BCUT2D eigenvalue weighted by Crippen LogP contribution is 2.56. The third kappa shape index (κ3) is 5.22. The molecule has 3 fully saturated rings. The van der Waals surface area contributed by atoms with E-state index in [-0.39, 0.29) is 50.0 Å². The molecule has 11 nitrogen and oxygen atoms in total. The number of ketones is 1. The van der Waals surface area contributed by atoms with Gasteiger partial charge in [-0.3, -0.25) is 29.3 Å². The van der Waals surface area contributed by atoms with Crippen molar-refractivity contribution in [3.05, 3.63) is 104 Å². The van der Waals surface area contributed by atoms with Gasteiger partial charge in [-0.25, -0.2) is 9.80 Å². The van der Waals surface area contributed by atoms with Gasteiger partial charge in [-0.1, -0.05) is 23.2 Å². The second-order valence-electron chi connectivity index (χ2n) is 11.0. The molecule has 3 aromatic carbocycles. The normalized spacial score (nSPS) is 21.7. The molecule has 6 rings (SSSR count). The Morgan fingerprint density at radius 1 is 0.841 bits per heavy atom.